The number of fused-ring (bicyclic) bond motifs is 5. The fourth-order valence-corrected chi connectivity index (χ4v) is 2.63. The predicted octanol–water partition coefficient (Wildman–Crippen LogP) is 0.132. The first kappa shape index (κ1) is 13.1. The Morgan fingerprint density at radius 1 is 1.39 bits per heavy atom. The van der Waals surface area contributed by atoms with Crippen LogP contribution in [0.4, 0.5) is 0 Å². The summed E-state index contributed by atoms with van der Waals surface area (Å²) >= 11 is 0. The molecule has 0 aliphatic carbocycles. The number of nitrogens with zero attached hydrogens (tertiary/aromatic N) is 5. The summed E-state index contributed by atoms with van der Waals surface area (Å²) in [5.74, 6) is 2.00. The van der Waals surface area contributed by atoms with Gasteiger partial charge < -0.3 is 10.5 Å². The Kier molecular flexibility index (Phi) is 2.68. The van der Waals surface area contributed by atoms with Gasteiger partial charge in [0.2, 0.25) is 0 Å². The van der Waals surface area contributed by atoms with Crippen molar-refractivity contribution in [2.24, 2.45) is 0 Å². The predicted molar refractivity (Wildman–Crippen MR) is 81.6 cm³/mol. The van der Waals surface area contributed by atoms with Crippen molar-refractivity contribution < 1.29 is 9.31 Å². The molecule has 0 atom stereocenters. The summed E-state index contributed by atoms with van der Waals surface area (Å²) in [4.78, 5) is 21.1. The SMILES string of the molecule is C#CCNC(=O)c1cccc2c[n+]3c4nccnc4n([O-])n3c12. The molecule has 1 aromatic carbocycles. The first-order valence-corrected chi connectivity index (χ1v) is 6.79. The Hall–Kier alpha value is -3.60. The molecule has 0 radical (unpaired) electrons. The van der Waals surface area contributed by atoms with E-state index in [2.05, 4.69) is 21.2 Å². The Morgan fingerprint density at radius 2 is 2.22 bits per heavy atom. The van der Waals surface area contributed by atoms with Gasteiger partial charge >= 0.3 is 5.65 Å². The van der Waals surface area contributed by atoms with Crippen LogP contribution in [0.2, 0.25) is 0 Å². The number of rotatable bonds is 2. The first-order chi connectivity index (χ1) is 11.2. The van der Waals surface area contributed by atoms with Gasteiger partial charge in [-0.05, 0) is 12.1 Å². The van der Waals surface area contributed by atoms with Crippen molar-refractivity contribution in [1.29, 1.82) is 0 Å². The van der Waals surface area contributed by atoms with Crippen molar-refractivity contribution in [3.63, 3.8) is 0 Å². The van der Waals surface area contributed by atoms with E-state index in [1.54, 1.807) is 22.8 Å². The first-order valence-electron chi connectivity index (χ1n) is 6.79. The molecule has 4 aromatic rings. The average molecular weight is 306 g/mol. The summed E-state index contributed by atoms with van der Waals surface area (Å²) in [6, 6.07) is 5.20. The van der Waals surface area contributed by atoms with Crippen LogP contribution in [0.15, 0.2) is 36.8 Å². The third kappa shape index (κ3) is 1.74. The molecule has 0 unspecified atom stereocenters. The molecule has 1 N–H and O–H groups in total. The summed E-state index contributed by atoms with van der Waals surface area (Å²) < 4.78 is 2.89. The lowest BCUT2D eigenvalue weighted by Crippen LogP contribution is -2.28. The van der Waals surface area contributed by atoms with Crippen molar-refractivity contribution in [3.8, 4) is 12.3 Å². The van der Waals surface area contributed by atoms with Gasteiger partial charge in [0.05, 0.1) is 18.3 Å². The Bertz CT molecular complexity index is 1120. The molecular weight excluding hydrogens is 296 g/mol. The van der Waals surface area contributed by atoms with Crippen LogP contribution in [0, 0.1) is 17.6 Å². The fourth-order valence-electron chi connectivity index (χ4n) is 2.63. The maximum absolute atomic E-state index is 12.5. The van der Waals surface area contributed by atoms with Crippen molar-refractivity contribution >= 4 is 28.1 Å². The third-order valence-corrected chi connectivity index (χ3v) is 3.56. The van der Waals surface area contributed by atoms with Crippen LogP contribution >= 0.6 is 0 Å². The van der Waals surface area contributed by atoms with Gasteiger partial charge in [-0.3, -0.25) is 4.79 Å². The second kappa shape index (κ2) is 4.71. The lowest BCUT2D eigenvalue weighted by molar-refractivity contribution is -0.593. The highest BCUT2D eigenvalue weighted by Gasteiger charge is 2.22. The Labute approximate surface area is 129 Å². The molecule has 0 fully saturated rings. The minimum atomic E-state index is -0.347. The standard InChI is InChI=1S/C15H10N6O2/c1-2-6-18-15(22)11-5-3-4-10-9-19-13-14(17-8-7-16-13)21(23)20(19)12(10)11/h1,3-5,7-9H,6H2,(H,18,22). The second-order valence-corrected chi connectivity index (χ2v) is 4.87. The molecule has 3 heterocycles. The van der Waals surface area contributed by atoms with Crippen LogP contribution in [-0.2, 0) is 0 Å². The largest absolute Gasteiger partial charge is 0.724 e. The Morgan fingerprint density at radius 3 is 3.04 bits per heavy atom. The molecule has 8 heteroatoms. The molecule has 4 rings (SSSR count). The topological polar surface area (TPSA) is 91.4 Å². The second-order valence-electron chi connectivity index (χ2n) is 4.87. The van der Waals surface area contributed by atoms with Gasteiger partial charge in [-0.15, -0.1) is 15.9 Å². The van der Waals surface area contributed by atoms with Gasteiger partial charge in [0.1, 0.15) is 17.9 Å². The lowest BCUT2D eigenvalue weighted by Gasteiger charge is -2.05. The molecule has 1 amide bonds. The summed E-state index contributed by atoms with van der Waals surface area (Å²) in [5.41, 5.74) is 1.41. The quantitative estimate of drug-likeness (QED) is 0.421. The third-order valence-electron chi connectivity index (χ3n) is 3.56. The summed E-state index contributed by atoms with van der Waals surface area (Å²) in [6.45, 7) is 0.111. The number of benzene rings is 1. The maximum atomic E-state index is 12.5. The average Bonchev–Trinajstić information content (AvgIpc) is 3.09. The normalized spacial score (nSPS) is 11.1. The minimum Gasteiger partial charge on any atom is -0.724 e. The van der Waals surface area contributed by atoms with E-state index in [0.717, 1.165) is 5.39 Å². The molecular formula is C15H10N6O2. The molecule has 0 saturated carbocycles. The van der Waals surface area contributed by atoms with E-state index in [-0.39, 0.29) is 18.1 Å². The van der Waals surface area contributed by atoms with E-state index in [9.17, 15) is 10.0 Å². The van der Waals surface area contributed by atoms with Crippen molar-refractivity contribution in [1.82, 2.24) is 24.8 Å². The molecule has 0 aliphatic heterocycles. The number of aromatic nitrogens is 5. The molecule has 112 valence electrons. The van der Waals surface area contributed by atoms with Crippen LogP contribution in [0.5, 0.6) is 0 Å². The highest BCUT2D eigenvalue weighted by atomic mass is 16.5. The molecule has 0 bridgehead atoms. The van der Waals surface area contributed by atoms with E-state index in [0.29, 0.717) is 21.6 Å². The van der Waals surface area contributed by atoms with Crippen molar-refractivity contribution in [2.75, 3.05) is 6.54 Å². The van der Waals surface area contributed by atoms with E-state index in [4.69, 9.17) is 6.42 Å². The van der Waals surface area contributed by atoms with Gasteiger partial charge in [0.15, 0.2) is 0 Å². The zero-order chi connectivity index (χ0) is 16.0. The number of terminal acetylenes is 1. The zero-order valence-electron chi connectivity index (χ0n) is 11.8. The molecule has 23 heavy (non-hydrogen) atoms. The van der Waals surface area contributed by atoms with Crippen molar-refractivity contribution in [3.05, 3.63) is 47.6 Å². The molecule has 3 aromatic heterocycles. The number of amides is 1. The Balaban J connectivity index is 2.10. The van der Waals surface area contributed by atoms with E-state index in [1.807, 2.05) is 6.07 Å². The van der Waals surface area contributed by atoms with E-state index < -0.39 is 0 Å². The molecule has 0 spiro atoms. The number of nitrogens with one attached hydrogen (secondary N) is 1. The van der Waals surface area contributed by atoms with Gasteiger partial charge in [0, 0.05) is 5.39 Å². The van der Waals surface area contributed by atoms with Crippen LogP contribution in [0.25, 0.3) is 22.2 Å². The monoisotopic (exact) mass is 306 g/mol. The number of carbonyl (C=O) groups is 1. The minimum absolute atomic E-state index is 0.111. The van der Waals surface area contributed by atoms with Gasteiger partial charge in [-0.25, -0.2) is 4.98 Å². The summed E-state index contributed by atoms with van der Waals surface area (Å²) in [7, 11) is 0. The fraction of sp³-hybridized carbons (Fsp3) is 0.0667. The van der Waals surface area contributed by atoms with Crippen LogP contribution in [0.3, 0.4) is 0 Å². The van der Waals surface area contributed by atoms with E-state index >= 15 is 0 Å². The summed E-state index contributed by atoms with van der Waals surface area (Å²) in [5, 5.41) is 15.9. The van der Waals surface area contributed by atoms with Crippen LogP contribution in [0.1, 0.15) is 10.4 Å². The highest BCUT2D eigenvalue weighted by molar-refractivity contribution is 6.05. The lowest BCUT2D eigenvalue weighted by atomic mass is 10.1. The smallest absolute Gasteiger partial charge is 0.346 e. The van der Waals surface area contributed by atoms with Gasteiger partial charge in [-0.2, -0.15) is 4.85 Å². The van der Waals surface area contributed by atoms with Gasteiger partial charge in [-0.1, -0.05) is 16.6 Å². The maximum Gasteiger partial charge on any atom is 0.346 e. The molecule has 0 saturated heterocycles. The van der Waals surface area contributed by atoms with Crippen molar-refractivity contribution in [2.45, 2.75) is 0 Å². The summed E-state index contributed by atoms with van der Waals surface area (Å²) in [6.07, 6.45) is 9.85. The molecule has 8 nitrogen and oxygen atoms in total. The molecule has 0 aliphatic rings. The zero-order valence-corrected chi connectivity index (χ0v) is 11.8. The van der Waals surface area contributed by atoms with Crippen LogP contribution < -0.4 is 9.83 Å². The van der Waals surface area contributed by atoms with Crippen LogP contribution in [-0.4, -0.2) is 31.9 Å². The number of hydrogen-bond acceptors (Lipinski definition) is 4. The number of para-hydroxylation sites is 1. The number of carbonyl (C=O) groups excluding carboxylic acids is 1. The van der Waals surface area contributed by atoms with E-state index in [1.165, 1.54) is 17.0 Å². The van der Waals surface area contributed by atoms with Gasteiger partial charge in [0.25, 0.3) is 11.6 Å². The number of hydrogen-bond donors (Lipinski definition) is 1. The highest BCUT2D eigenvalue weighted by Crippen LogP contribution is 2.19.